The predicted octanol–water partition coefficient (Wildman–Crippen LogP) is 2.35. The number of likely N-dealkylation sites (N-methyl/N-ethyl adjacent to an activating group) is 1. The molecule has 0 saturated carbocycles. The number of rotatable bonds is 3. The topological polar surface area (TPSA) is 19.4 Å². The Morgan fingerprint density at radius 1 is 1.50 bits per heavy atom. The number of hydrogen-bond acceptors (Lipinski definition) is 3. The first-order valence-corrected chi connectivity index (χ1v) is 6.68. The Morgan fingerprint density at radius 3 is 2.78 bits per heavy atom. The standard InChI is InChI=1S/C13H19ClFN3/c1-9-7-18(8-11(9)17(2)3)13-12(15)10(6-14)4-5-16-13/h4-5,9,11H,6-8H2,1-3H3. The van der Waals surface area contributed by atoms with Gasteiger partial charge in [0.25, 0.3) is 0 Å². The molecule has 1 saturated heterocycles. The zero-order valence-corrected chi connectivity index (χ0v) is 11.8. The number of aromatic nitrogens is 1. The van der Waals surface area contributed by atoms with Crippen LogP contribution in [0, 0.1) is 11.7 Å². The molecule has 1 aliphatic heterocycles. The molecule has 0 amide bonds. The van der Waals surface area contributed by atoms with E-state index in [1.807, 2.05) is 4.90 Å². The first kappa shape index (κ1) is 13.6. The molecule has 0 radical (unpaired) electrons. The summed E-state index contributed by atoms with van der Waals surface area (Å²) in [5.41, 5.74) is 0.516. The lowest BCUT2D eigenvalue weighted by Gasteiger charge is -2.23. The molecule has 3 nitrogen and oxygen atoms in total. The van der Waals surface area contributed by atoms with Crippen LogP contribution in [-0.4, -0.2) is 43.1 Å². The molecule has 0 aliphatic carbocycles. The van der Waals surface area contributed by atoms with Gasteiger partial charge in [0.2, 0.25) is 0 Å². The predicted molar refractivity (Wildman–Crippen MR) is 72.6 cm³/mol. The lowest BCUT2D eigenvalue weighted by molar-refractivity contribution is 0.266. The van der Waals surface area contributed by atoms with E-state index in [1.54, 1.807) is 12.3 Å². The van der Waals surface area contributed by atoms with Crippen molar-refractivity contribution >= 4 is 17.4 Å². The number of anilines is 1. The lowest BCUT2D eigenvalue weighted by atomic mass is 10.1. The normalized spacial score (nSPS) is 24.0. The van der Waals surface area contributed by atoms with Crippen molar-refractivity contribution in [3.63, 3.8) is 0 Å². The summed E-state index contributed by atoms with van der Waals surface area (Å²) >= 11 is 5.72. The molecule has 0 bridgehead atoms. The van der Waals surface area contributed by atoms with Gasteiger partial charge in [-0.1, -0.05) is 6.92 Å². The van der Waals surface area contributed by atoms with E-state index < -0.39 is 0 Å². The van der Waals surface area contributed by atoms with Crippen LogP contribution in [0.15, 0.2) is 12.3 Å². The van der Waals surface area contributed by atoms with E-state index in [2.05, 4.69) is 30.9 Å². The number of nitrogens with zero attached hydrogens (tertiary/aromatic N) is 3. The first-order chi connectivity index (χ1) is 8.54. The van der Waals surface area contributed by atoms with Crippen molar-refractivity contribution in [2.45, 2.75) is 18.8 Å². The molecule has 100 valence electrons. The zero-order valence-electron chi connectivity index (χ0n) is 11.0. The number of hydrogen-bond donors (Lipinski definition) is 0. The second-order valence-corrected chi connectivity index (χ2v) is 5.42. The minimum absolute atomic E-state index is 0.182. The van der Waals surface area contributed by atoms with Crippen LogP contribution in [0.3, 0.4) is 0 Å². The Labute approximate surface area is 113 Å². The van der Waals surface area contributed by atoms with Crippen molar-refractivity contribution in [1.29, 1.82) is 0 Å². The van der Waals surface area contributed by atoms with E-state index in [4.69, 9.17) is 11.6 Å². The zero-order chi connectivity index (χ0) is 13.3. The van der Waals surface area contributed by atoms with E-state index in [1.165, 1.54) is 0 Å². The third kappa shape index (κ3) is 2.45. The van der Waals surface area contributed by atoms with Crippen molar-refractivity contribution in [3.05, 3.63) is 23.6 Å². The van der Waals surface area contributed by atoms with Gasteiger partial charge in [-0.3, -0.25) is 0 Å². The van der Waals surface area contributed by atoms with E-state index in [0.29, 0.717) is 23.3 Å². The van der Waals surface area contributed by atoms with Crippen LogP contribution < -0.4 is 4.90 Å². The van der Waals surface area contributed by atoms with E-state index in [0.717, 1.165) is 13.1 Å². The summed E-state index contributed by atoms with van der Waals surface area (Å²) in [5.74, 6) is 0.839. The van der Waals surface area contributed by atoms with Gasteiger partial charge < -0.3 is 9.80 Å². The van der Waals surface area contributed by atoms with Crippen molar-refractivity contribution in [2.24, 2.45) is 5.92 Å². The van der Waals surface area contributed by atoms with Crippen LogP contribution in [-0.2, 0) is 5.88 Å². The third-order valence-electron chi connectivity index (χ3n) is 3.63. The summed E-state index contributed by atoms with van der Waals surface area (Å²) < 4.78 is 14.2. The second-order valence-electron chi connectivity index (χ2n) is 5.15. The van der Waals surface area contributed by atoms with Gasteiger partial charge in [0.1, 0.15) is 0 Å². The summed E-state index contributed by atoms with van der Waals surface area (Å²) in [4.78, 5) is 8.37. The van der Waals surface area contributed by atoms with Crippen LogP contribution in [0.1, 0.15) is 12.5 Å². The minimum atomic E-state index is -0.279. The minimum Gasteiger partial charge on any atom is -0.352 e. The monoisotopic (exact) mass is 271 g/mol. The molecule has 1 aromatic rings. The molecule has 2 heterocycles. The molecule has 0 spiro atoms. The highest BCUT2D eigenvalue weighted by atomic mass is 35.5. The summed E-state index contributed by atoms with van der Waals surface area (Å²) in [6, 6.07) is 2.07. The first-order valence-electron chi connectivity index (χ1n) is 6.15. The van der Waals surface area contributed by atoms with Gasteiger partial charge in [0, 0.05) is 30.9 Å². The summed E-state index contributed by atoms with van der Waals surface area (Å²) in [6.45, 7) is 3.83. The highest BCUT2D eigenvalue weighted by Gasteiger charge is 2.33. The number of halogens is 2. The van der Waals surface area contributed by atoms with E-state index in [9.17, 15) is 4.39 Å². The Balaban J connectivity index is 2.24. The maximum Gasteiger partial charge on any atom is 0.170 e. The Hall–Kier alpha value is -0.870. The van der Waals surface area contributed by atoms with Crippen LogP contribution in [0.2, 0.25) is 0 Å². The van der Waals surface area contributed by atoms with Gasteiger partial charge in [-0.2, -0.15) is 0 Å². The highest BCUT2D eigenvalue weighted by molar-refractivity contribution is 6.17. The van der Waals surface area contributed by atoms with Crippen LogP contribution >= 0.6 is 11.6 Å². The molecular weight excluding hydrogens is 253 g/mol. The van der Waals surface area contributed by atoms with Gasteiger partial charge >= 0.3 is 0 Å². The average Bonchev–Trinajstić information content (AvgIpc) is 2.71. The maximum absolute atomic E-state index is 14.2. The fourth-order valence-electron chi connectivity index (χ4n) is 2.59. The number of pyridine rings is 1. The van der Waals surface area contributed by atoms with E-state index in [-0.39, 0.29) is 11.7 Å². The molecule has 0 N–H and O–H groups in total. The molecule has 1 aromatic heterocycles. The Morgan fingerprint density at radius 2 is 2.22 bits per heavy atom. The molecular formula is C13H19ClFN3. The Bertz CT molecular complexity index is 425. The molecule has 5 heteroatoms. The molecule has 0 aromatic carbocycles. The maximum atomic E-state index is 14.2. The molecule has 2 atom stereocenters. The van der Waals surface area contributed by atoms with Gasteiger partial charge in [-0.05, 0) is 26.1 Å². The van der Waals surface area contributed by atoms with Crippen molar-refractivity contribution in [3.8, 4) is 0 Å². The molecule has 1 aliphatic rings. The summed E-state index contributed by atoms with van der Waals surface area (Å²) in [7, 11) is 4.12. The molecule has 18 heavy (non-hydrogen) atoms. The highest BCUT2D eigenvalue weighted by Crippen LogP contribution is 2.28. The van der Waals surface area contributed by atoms with Crippen LogP contribution in [0.5, 0.6) is 0 Å². The molecule has 1 fully saturated rings. The quantitative estimate of drug-likeness (QED) is 0.787. The van der Waals surface area contributed by atoms with E-state index >= 15 is 0 Å². The SMILES string of the molecule is CC1CN(c2nccc(CCl)c2F)CC1N(C)C. The lowest BCUT2D eigenvalue weighted by Crippen LogP contribution is -2.34. The molecule has 2 rings (SSSR count). The van der Waals surface area contributed by atoms with Gasteiger partial charge in [0.15, 0.2) is 11.6 Å². The third-order valence-corrected chi connectivity index (χ3v) is 3.92. The summed E-state index contributed by atoms with van der Waals surface area (Å²) in [6.07, 6.45) is 1.63. The smallest absolute Gasteiger partial charge is 0.170 e. The largest absolute Gasteiger partial charge is 0.352 e. The fraction of sp³-hybridized carbons (Fsp3) is 0.615. The average molecular weight is 272 g/mol. The Kier molecular flexibility index (Phi) is 4.07. The second kappa shape index (κ2) is 5.41. The van der Waals surface area contributed by atoms with Crippen molar-refractivity contribution in [1.82, 2.24) is 9.88 Å². The van der Waals surface area contributed by atoms with Crippen molar-refractivity contribution < 1.29 is 4.39 Å². The number of alkyl halides is 1. The van der Waals surface area contributed by atoms with Gasteiger partial charge in [-0.15, -0.1) is 11.6 Å². The van der Waals surface area contributed by atoms with Crippen LogP contribution in [0.25, 0.3) is 0 Å². The summed E-state index contributed by atoms with van der Waals surface area (Å²) in [5, 5.41) is 0. The molecule has 2 unspecified atom stereocenters. The van der Waals surface area contributed by atoms with Crippen LogP contribution in [0.4, 0.5) is 10.2 Å². The fourth-order valence-corrected chi connectivity index (χ4v) is 2.80. The van der Waals surface area contributed by atoms with Gasteiger partial charge in [0.05, 0.1) is 5.88 Å². The van der Waals surface area contributed by atoms with Gasteiger partial charge in [-0.25, -0.2) is 9.37 Å². The van der Waals surface area contributed by atoms with Crippen molar-refractivity contribution in [2.75, 3.05) is 32.1 Å².